The maximum Gasteiger partial charge on any atom is 0.251 e. The van der Waals surface area contributed by atoms with E-state index in [9.17, 15) is 4.79 Å². The van der Waals surface area contributed by atoms with Gasteiger partial charge in [0.05, 0.1) is 27.7 Å². The monoisotopic (exact) mass is 335 g/mol. The van der Waals surface area contributed by atoms with E-state index >= 15 is 0 Å². The zero-order valence-corrected chi connectivity index (χ0v) is 12.2. The normalized spacial score (nSPS) is 10.8. The quantitative estimate of drug-likeness (QED) is 0.771. The van der Waals surface area contributed by atoms with Gasteiger partial charge in [-0.05, 0) is 46.3 Å². The minimum absolute atomic E-state index is 0.0824. The summed E-state index contributed by atoms with van der Waals surface area (Å²) in [6.45, 7) is 0.538. The van der Waals surface area contributed by atoms with Crippen molar-refractivity contribution < 1.29 is 4.79 Å². The SMILES string of the molecule is O=C(NCc1ccc(Br)s1)c1ccc2nc[nH]c2c1. The van der Waals surface area contributed by atoms with Crippen LogP contribution in [0.3, 0.4) is 0 Å². The lowest BCUT2D eigenvalue weighted by atomic mass is 10.2. The van der Waals surface area contributed by atoms with Crippen LogP contribution in [0.5, 0.6) is 0 Å². The highest BCUT2D eigenvalue weighted by atomic mass is 79.9. The highest BCUT2D eigenvalue weighted by Crippen LogP contribution is 2.21. The maximum atomic E-state index is 12.0. The van der Waals surface area contributed by atoms with Crippen LogP contribution in [0.1, 0.15) is 15.2 Å². The second-order valence-corrected chi connectivity index (χ2v) is 6.57. The Morgan fingerprint density at radius 2 is 2.26 bits per heavy atom. The first kappa shape index (κ1) is 12.4. The zero-order valence-electron chi connectivity index (χ0n) is 9.81. The summed E-state index contributed by atoms with van der Waals surface area (Å²) in [6.07, 6.45) is 1.62. The van der Waals surface area contributed by atoms with E-state index < -0.39 is 0 Å². The van der Waals surface area contributed by atoms with Crippen molar-refractivity contribution in [2.45, 2.75) is 6.54 Å². The Morgan fingerprint density at radius 1 is 1.37 bits per heavy atom. The number of hydrogen-bond donors (Lipinski definition) is 2. The van der Waals surface area contributed by atoms with E-state index in [1.807, 2.05) is 24.3 Å². The topological polar surface area (TPSA) is 57.8 Å². The Morgan fingerprint density at radius 3 is 3.05 bits per heavy atom. The van der Waals surface area contributed by atoms with Crippen molar-refractivity contribution in [3.8, 4) is 0 Å². The largest absolute Gasteiger partial charge is 0.347 e. The number of hydrogen-bond acceptors (Lipinski definition) is 3. The van der Waals surface area contributed by atoms with Gasteiger partial charge in [0.15, 0.2) is 0 Å². The molecule has 2 heterocycles. The van der Waals surface area contributed by atoms with Gasteiger partial charge in [-0.25, -0.2) is 4.98 Å². The second-order valence-electron chi connectivity index (χ2n) is 4.02. The molecule has 0 spiro atoms. The van der Waals surface area contributed by atoms with Gasteiger partial charge in [0.25, 0.3) is 5.91 Å². The summed E-state index contributed by atoms with van der Waals surface area (Å²) in [5, 5.41) is 2.90. The van der Waals surface area contributed by atoms with E-state index in [2.05, 4.69) is 31.2 Å². The molecule has 0 fully saturated rings. The van der Waals surface area contributed by atoms with Crippen LogP contribution in [0.25, 0.3) is 11.0 Å². The minimum atomic E-state index is -0.0824. The lowest BCUT2D eigenvalue weighted by Gasteiger charge is -2.03. The average Bonchev–Trinajstić information content (AvgIpc) is 3.03. The molecule has 3 rings (SSSR count). The number of imidazole rings is 1. The van der Waals surface area contributed by atoms with Gasteiger partial charge in [0.1, 0.15) is 0 Å². The van der Waals surface area contributed by atoms with Crippen molar-refractivity contribution in [1.82, 2.24) is 15.3 Å². The van der Waals surface area contributed by atoms with Crippen LogP contribution >= 0.6 is 27.3 Å². The average molecular weight is 336 g/mol. The van der Waals surface area contributed by atoms with Crippen molar-refractivity contribution in [2.24, 2.45) is 0 Å². The Bertz CT molecular complexity index is 734. The molecule has 0 radical (unpaired) electrons. The standard InChI is InChI=1S/C13H10BrN3OS/c14-12-4-2-9(19-12)6-15-13(18)8-1-3-10-11(5-8)17-7-16-10/h1-5,7H,6H2,(H,15,18)(H,16,17). The summed E-state index contributed by atoms with van der Waals surface area (Å²) in [6, 6.07) is 9.39. The number of H-pyrrole nitrogens is 1. The third kappa shape index (κ3) is 2.69. The van der Waals surface area contributed by atoms with Crippen molar-refractivity contribution in [3.63, 3.8) is 0 Å². The predicted octanol–water partition coefficient (Wildman–Crippen LogP) is 3.32. The smallest absolute Gasteiger partial charge is 0.251 e. The summed E-state index contributed by atoms with van der Waals surface area (Å²) >= 11 is 5.02. The molecule has 6 heteroatoms. The highest BCUT2D eigenvalue weighted by molar-refractivity contribution is 9.11. The molecule has 2 aromatic heterocycles. The number of aromatic amines is 1. The van der Waals surface area contributed by atoms with Crippen molar-refractivity contribution >= 4 is 44.2 Å². The van der Waals surface area contributed by atoms with E-state index in [0.717, 1.165) is 19.7 Å². The fourth-order valence-corrected chi connectivity index (χ4v) is 3.22. The highest BCUT2D eigenvalue weighted by Gasteiger charge is 2.07. The van der Waals surface area contributed by atoms with E-state index in [0.29, 0.717) is 12.1 Å². The van der Waals surface area contributed by atoms with Crippen LogP contribution in [0, 0.1) is 0 Å². The summed E-state index contributed by atoms with van der Waals surface area (Å²) in [5.74, 6) is -0.0824. The molecule has 2 N–H and O–H groups in total. The lowest BCUT2D eigenvalue weighted by Crippen LogP contribution is -2.22. The van der Waals surface area contributed by atoms with Gasteiger partial charge in [0.2, 0.25) is 0 Å². The van der Waals surface area contributed by atoms with Crippen LogP contribution in [0.2, 0.25) is 0 Å². The number of amides is 1. The number of halogens is 1. The van der Waals surface area contributed by atoms with Crippen LogP contribution < -0.4 is 5.32 Å². The molecular weight excluding hydrogens is 326 g/mol. The number of fused-ring (bicyclic) bond motifs is 1. The number of nitrogens with one attached hydrogen (secondary N) is 2. The van der Waals surface area contributed by atoms with Gasteiger partial charge in [-0.15, -0.1) is 11.3 Å². The van der Waals surface area contributed by atoms with E-state index in [1.165, 1.54) is 0 Å². The molecule has 0 unspecified atom stereocenters. The Hall–Kier alpha value is -1.66. The van der Waals surface area contributed by atoms with Crippen LogP contribution in [0.4, 0.5) is 0 Å². The Labute approximate surface area is 122 Å². The summed E-state index contributed by atoms with van der Waals surface area (Å²) < 4.78 is 1.07. The number of aromatic nitrogens is 2. The molecule has 0 aliphatic carbocycles. The van der Waals surface area contributed by atoms with Gasteiger partial charge in [-0.3, -0.25) is 4.79 Å². The number of thiophene rings is 1. The van der Waals surface area contributed by atoms with Crippen molar-refractivity contribution in [1.29, 1.82) is 0 Å². The number of carbonyl (C=O) groups is 1. The molecular formula is C13H10BrN3OS. The fourth-order valence-electron chi connectivity index (χ4n) is 1.79. The molecule has 4 nitrogen and oxygen atoms in total. The van der Waals surface area contributed by atoms with Gasteiger partial charge < -0.3 is 10.3 Å². The molecule has 0 saturated carbocycles. The third-order valence-electron chi connectivity index (χ3n) is 2.73. The lowest BCUT2D eigenvalue weighted by molar-refractivity contribution is 0.0951. The second kappa shape index (κ2) is 5.14. The number of benzene rings is 1. The molecule has 0 aliphatic heterocycles. The van der Waals surface area contributed by atoms with Gasteiger partial charge in [0, 0.05) is 10.4 Å². The molecule has 0 bridgehead atoms. The summed E-state index contributed by atoms with van der Waals surface area (Å²) in [5.41, 5.74) is 2.36. The molecule has 0 aliphatic rings. The van der Waals surface area contributed by atoms with Crippen molar-refractivity contribution in [3.05, 3.63) is 50.9 Å². The molecule has 1 amide bonds. The van der Waals surface area contributed by atoms with Gasteiger partial charge in [-0.1, -0.05) is 0 Å². The predicted molar refractivity (Wildman–Crippen MR) is 79.3 cm³/mol. The van der Waals surface area contributed by atoms with Gasteiger partial charge >= 0.3 is 0 Å². The van der Waals surface area contributed by atoms with Crippen molar-refractivity contribution in [2.75, 3.05) is 0 Å². The molecule has 1 aromatic carbocycles. The Balaban J connectivity index is 1.72. The molecule has 0 atom stereocenters. The van der Waals surface area contributed by atoms with E-state index in [4.69, 9.17) is 0 Å². The van der Waals surface area contributed by atoms with Gasteiger partial charge in [-0.2, -0.15) is 0 Å². The van der Waals surface area contributed by atoms with Crippen LogP contribution in [0.15, 0.2) is 40.4 Å². The minimum Gasteiger partial charge on any atom is -0.347 e. The molecule has 3 aromatic rings. The molecule has 19 heavy (non-hydrogen) atoms. The first-order valence-electron chi connectivity index (χ1n) is 5.68. The first-order chi connectivity index (χ1) is 9.22. The number of carbonyl (C=O) groups excluding carboxylic acids is 1. The van der Waals surface area contributed by atoms with E-state index in [-0.39, 0.29) is 5.91 Å². The first-order valence-corrected chi connectivity index (χ1v) is 7.29. The van der Waals surface area contributed by atoms with E-state index in [1.54, 1.807) is 23.7 Å². The number of rotatable bonds is 3. The fraction of sp³-hybridized carbons (Fsp3) is 0.0769. The van der Waals surface area contributed by atoms with Crippen LogP contribution in [-0.2, 0) is 6.54 Å². The Kier molecular flexibility index (Phi) is 3.35. The maximum absolute atomic E-state index is 12.0. The molecule has 0 saturated heterocycles. The third-order valence-corrected chi connectivity index (χ3v) is 4.36. The number of nitrogens with zero attached hydrogens (tertiary/aromatic N) is 1. The summed E-state index contributed by atoms with van der Waals surface area (Å²) in [4.78, 5) is 20.3. The summed E-state index contributed by atoms with van der Waals surface area (Å²) in [7, 11) is 0. The zero-order chi connectivity index (χ0) is 13.2. The molecule has 96 valence electrons. The van der Waals surface area contributed by atoms with Crippen LogP contribution in [-0.4, -0.2) is 15.9 Å².